The summed E-state index contributed by atoms with van der Waals surface area (Å²) >= 11 is 0. The maximum Gasteiger partial charge on any atom is 0.417 e. The minimum absolute atomic E-state index is 0.159. The first-order valence-electron chi connectivity index (χ1n) is 4.51. The number of hydrogen-bond acceptors (Lipinski definition) is 5. The Labute approximate surface area is 85.4 Å². The average molecular weight is 208 g/mol. The summed E-state index contributed by atoms with van der Waals surface area (Å²) in [5.41, 5.74) is 4.72. The van der Waals surface area contributed by atoms with Crippen LogP contribution in [0.5, 0.6) is 0 Å². The van der Waals surface area contributed by atoms with Crippen molar-refractivity contribution in [1.29, 1.82) is 0 Å². The highest BCUT2D eigenvalue weighted by molar-refractivity contribution is 5.72. The summed E-state index contributed by atoms with van der Waals surface area (Å²) in [5, 5.41) is 2.98. The van der Waals surface area contributed by atoms with Crippen molar-refractivity contribution < 1.29 is 4.42 Å². The third-order valence-electron chi connectivity index (χ3n) is 2.23. The Kier molecular flexibility index (Phi) is 2.55. The second kappa shape index (κ2) is 3.85. The van der Waals surface area contributed by atoms with E-state index in [0.29, 0.717) is 11.1 Å². The number of H-pyrrole nitrogens is 1. The Morgan fingerprint density at radius 3 is 3.00 bits per heavy atom. The molecule has 0 aliphatic rings. The molecule has 1 unspecified atom stereocenters. The van der Waals surface area contributed by atoms with E-state index in [-0.39, 0.29) is 6.17 Å². The minimum atomic E-state index is -0.455. The first kappa shape index (κ1) is 9.91. The summed E-state index contributed by atoms with van der Waals surface area (Å²) in [6.45, 7) is 0. The number of hydrazine groups is 1. The summed E-state index contributed by atoms with van der Waals surface area (Å²) in [7, 11) is 1.78. The fourth-order valence-electron chi connectivity index (χ4n) is 1.50. The number of aromatic amines is 1. The van der Waals surface area contributed by atoms with Crippen molar-refractivity contribution >= 4 is 11.1 Å². The fraction of sp³-hybridized carbons (Fsp3) is 0.222. The molecule has 80 valence electrons. The maximum atomic E-state index is 10.9. The molecule has 15 heavy (non-hydrogen) atoms. The molecule has 0 aliphatic carbocycles. The van der Waals surface area contributed by atoms with Crippen LogP contribution in [-0.4, -0.2) is 12.0 Å². The van der Waals surface area contributed by atoms with Crippen LogP contribution < -0.4 is 22.3 Å². The molecular weight excluding hydrogens is 196 g/mol. The Morgan fingerprint density at radius 2 is 2.33 bits per heavy atom. The van der Waals surface area contributed by atoms with Gasteiger partial charge >= 0.3 is 5.76 Å². The molecule has 6 nitrogen and oxygen atoms in total. The van der Waals surface area contributed by atoms with Crippen LogP contribution in [0.3, 0.4) is 0 Å². The van der Waals surface area contributed by atoms with Crippen LogP contribution in [0.15, 0.2) is 27.4 Å². The third kappa shape index (κ3) is 1.78. The SMILES string of the molecule is CNC(NN)c1ccc2oc(=O)[nH]c2c1. The molecule has 5 N–H and O–H groups in total. The van der Waals surface area contributed by atoms with Crippen molar-refractivity contribution in [1.82, 2.24) is 15.7 Å². The fourth-order valence-corrected chi connectivity index (χ4v) is 1.50. The molecule has 0 saturated carbocycles. The van der Waals surface area contributed by atoms with Crippen molar-refractivity contribution in [2.24, 2.45) is 5.84 Å². The summed E-state index contributed by atoms with van der Waals surface area (Å²) in [4.78, 5) is 13.5. The lowest BCUT2D eigenvalue weighted by Crippen LogP contribution is -2.36. The molecule has 2 aromatic rings. The lowest BCUT2D eigenvalue weighted by Gasteiger charge is -2.14. The van der Waals surface area contributed by atoms with E-state index in [2.05, 4.69) is 15.7 Å². The number of nitrogens with one attached hydrogen (secondary N) is 3. The van der Waals surface area contributed by atoms with E-state index in [1.165, 1.54) is 0 Å². The third-order valence-corrected chi connectivity index (χ3v) is 2.23. The van der Waals surface area contributed by atoms with Gasteiger partial charge in [-0.2, -0.15) is 0 Å². The quantitative estimate of drug-likeness (QED) is 0.318. The summed E-state index contributed by atoms with van der Waals surface area (Å²) in [6.07, 6.45) is -0.159. The molecule has 6 heteroatoms. The van der Waals surface area contributed by atoms with Crippen LogP contribution in [0.2, 0.25) is 0 Å². The molecule has 0 bridgehead atoms. The Bertz CT molecular complexity index is 512. The highest BCUT2D eigenvalue weighted by atomic mass is 16.4. The highest BCUT2D eigenvalue weighted by Crippen LogP contribution is 2.15. The second-order valence-corrected chi connectivity index (χ2v) is 3.16. The van der Waals surface area contributed by atoms with E-state index >= 15 is 0 Å². The van der Waals surface area contributed by atoms with E-state index in [1.54, 1.807) is 19.2 Å². The molecule has 0 radical (unpaired) electrons. The topological polar surface area (TPSA) is 96.1 Å². The monoisotopic (exact) mass is 208 g/mol. The van der Waals surface area contributed by atoms with Crippen LogP contribution in [0, 0.1) is 0 Å². The lowest BCUT2D eigenvalue weighted by molar-refractivity contribution is 0.489. The Morgan fingerprint density at radius 1 is 1.53 bits per heavy atom. The van der Waals surface area contributed by atoms with Crippen molar-refractivity contribution in [3.63, 3.8) is 0 Å². The predicted octanol–water partition coefficient (Wildman–Crippen LogP) is -0.198. The van der Waals surface area contributed by atoms with Crippen molar-refractivity contribution in [2.45, 2.75) is 6.17 Å². The van der Waals surface area contributed by atoms with E-state index in [4.69, 9.17) is 10.3 Å². The van der Waals surface area contributed by atoms with E-state index in [1.807, 2.05) is 6.07 Å². The van der Waals surface area contributed by atoms with Crippen LogP contribution in [0.25, 0.3) is 11.1 Å². The van der Waals surface area contributed by atoms with E-state index < -0.39 is 5.76 Å². The lowest BCUT2D eigenvalue weighted by atomic mass is 10.1. The number of rotatable bonds is 3. The number of aromatic nitrogens is 1. The maximum absolute atomic E-state index is 10.9. The molecule has 1 aromatic heterocycles. The van der Waals surface area contributed by atoms with E-state index in [9.17, 15) is 4.79 Å². The normalized spacial score (nSPS) is 13.2. The van der Waals surface area contributed by atoms with Crippen LogP contribution in [0.1, 0.15) is 11.7 Å². The van der Waals surface area contributed by atoms with E-state index in [0.717, 1.165) is 5.56 Å². The molecule has 1 atom stereocenters. The van der Waals surface area contributed by atoms with Gasteiger partial charge in [0.2, 0.25) is 0 Å². The first-order valence-corrected chi connectivity index (χ1v) is 4.51. The standard InChI is InChI=1S/C9H12N4O2/c1-11-8(13-10)5-2-3-7-6(4-5)12-9(14)15-7/h2-4,8,11,13H,10H2,1H3,(H,12,14). The zero-order valence-corrected chi connectivity index (χ0v) is 8.20. The van der Waals surface area contributed by atoms with Gasteiger partial charge in [-0.3, -0.25) is 10.8 Å². The van der Waals surface area contributed by atoms with Gasteiger partial charge in [-0.15, -0.1) is 0 Å². The molecule has 0 spiro atoms. The number of nitrogens with two attached hydrogens (primary N) is 1. The van der Waals surface area contributed by atoms with Gasteiger partial charge in [0.25, 0.3) is 0 Å². The molecule has 0 saturated heterocycles. The molecule has 1 aromatic carbocycles. The zero-order valence-electron chi connectivity index (χ0n) is 8.20. The van der Waals surface area contributed by atoms with Gasteiger partial charge in [0.05, 0.1) is 11.7 Å². The summed E-state index contributed by atoms with van der Waals surface area (Å²) in [6, 6.07) is 5.37. The van der Waals surface area contributed by atoms with Crippen LogP contribution >= 0.6 is 0 Å². The Balaban J connectivity index is 2.49. The van der Waals surface area contributed by atoms with Crippen LogP contribution in [0.4, 0.5) is 0 Å². The first-order chi connectivity index (χ1) is 7.24. The summed E-state index contributed by atoms with van der Waals surface area (Å²) < 4.78 is 4.89. The number of benzene rings is 1. The number of fused-ring (bicyclic) bond motifs is 1. The van der Waals surface area contributed by atoms with Crippen molar-refractivity contribution in [2.75, 3.05) is 7.05 Å². The molecule has 1 heterocycles. The molecule has 2 rings (SSSR count). The van der Waals surface area contributed by atoms with Gasteiger partial charge in [0.15, 0.2) is 5.58 Å². The zero-order chi connectivity index (χ0) is 10.8. The van der Waals surface area contributed by atoms with Gasteiger partial charge < -0.3 is 9.73 Å². The number of oxazole rings is 1. The summed E-state index contributed by atoms with van der Waals surface area (Å²) in [5.74, 6) is 4.90. The average Bonchev–Trinajstić information content (AvgIpc) is 2.59. The van der Waals surface area contributed by atoms with Crippen LogP contribution in [-0.2, 0) is 0 Å². The van der Waals surface area contributed by atoms with Gasteiger partial charge in [0.1, 0.15) is 0 Å². The highest BCUT2D eigenvalue weighted by Gasteiger charge is 2.08. The molecular formula is C9H12N4O2. The largest absolute Gasteiger partial charge is 0.417 e. The predicted molar refractivity (Wildman–Crippen MR) is 56.0 cm³/mol. The number of hydrogen-bond donors (Lipinski definition) is 4. The second-order valence-electron chi connectivity index (χ2n) is 3.16. The smallest absolute Gasteiger partial charge is 0.408 e. The molecule has 0 fully saturated rings. The van der Waals surface area contributed by atoms with Gasteiger partial charge in [-0.25, -0.2) is 10.2 Å². The van der Waals surface area contributed by atoms with Crippen molar-refractivity contribution in [3.05, 3.63) is 34.3 Å². The van der Waals surface area contributed by atoms with Gasteiger partial charge in [-0.1, -0.05) is 6.07 Å². The van der Waals surface area contributed by atoms with Crippen molar-refractivity contribution in [3.8, 4) is 0 Å². The molecule has 0 amide bonds. The van der Waals surface area contributed by atoms with Gasteiger partial charge in [0, 0.05) is 0 Å². The minimum Gasteiger partial charge on any atom is -0.408 e. The Hall–Kier alpha value is -1.63. The molecule has 0 aliphatic heterocycles. The van der Waals surface area contributed by atoms with Gasteiger partial charge in [-0.05, 0) is 24.7 Å².